The Kier molecular flexibility index (Phi) is 3.69. The highest BCUT2D eigenvalue weighted by atomic mass is 16.2. The zero-order valence-electron chi connectivity index (χ0n) is 11.3. The Bertz CT molecular complexity index is 520. The second kappa shape index (κ2) is 5.63. The van der Waals surface area contributed by atoms with Gasteiger partial charge in [0, 0.05) is 17.3 Å². The van der Waals surface area contributed by atoms with E-state index in [-0.39, 0.29) is 23.8 Å². The molecule has 106 valence electrons. The van der Waals surface area contributed by atoms with Gasteiger partial charge in [0.1, 0.15) is 0 Å². The molecule has 1 saturated carbocycles. The number of anilines is 2. The first kappa shape index (κ1) is 13.1. The van der Waals surface area contributed by atoms with Crippen LogP contribution in [-0.2, 0) is 9.59 Å². The molecular formula is C15H19N3O2. The lowest BCUT2D eigenvalue weighted by atomic mass is 10.2. The van der Waals surface area contributed by atoms with Gasteiger partial charge in [0.2, 0.25) is 11.8 Å². The number of nitrogens with one attached hydrogen (secondary N) is 3. The van der Waals surface area contributed by atoms with Gasteiger partial charge in [0.25, 0.3) is 0 Å². The molecule has 0 aromatic heterocycles. The first-order chi connectivity index (χ1) is 9.72. The van der Waals surface area contributed by atoms with Crippen molar-refractivity contribution in [1.82, 2.24) is 5.32 Å². The smallest absolute Gasteiger partial charge is 0.241 e. The molecule has 1 saturated heterocycles. The summed E-state index contributed by atoms with van der Waals surface area (Å²) < 4.78 is 0. The molecule has 0 radical (unpaired) electrons. The number of hydrogen-bond acceptors (Lipinski definition) is 3. The third-order valence-electron chi connectivity index (χ3n) is 3.72. The van der Waals surface area contributed by atoms with E-state index in [9.17, 15) is 9.59 Å². The van der Waals surface area contributed by atoms with Gasteiger partial charge in [0.15, 0.2) is 0 Å². The highest BCUT2D eigenvalue weighted by Crippen LogP contribution is 2.30. The minimum absolute atomic E-state index is 0.00632. The molecule has 2 aliphatic rings. The third kappa shape index (κ3) is 3.17. The summed E-state index contributed by atoms with van der Waals surface area (Å²) in [7, 11) is 0. The van der Waals surface area contributed by atoms with Crippen LogP contribution in [0.1, 0.15) is 25.7 Å². The summed E-state index contributed by atoms with van der Waals surface area (Å²) in [5, 5.41) is 8.94. The minimum Gasteiger partial charge on any atom is -0.326 e. The van der Waals surface area contributed by atoms with Crippen molar-refractivity contribution in [3.63, 3.8) is 0 Å². The van der Waals surface area contributed by atoms with Gasteiger partial charge in [-0.25, -0.2) is 0 Å². The van der Waals surface area contributed by atoms with Gasteiger partial charge in [-0.3, -0.25) is 9.59 Å². The Morgan fingerprint density at radius 2 is 1.75 bits per heavy atom. The molecule has 1 atom stereocenters. The van der Waals surface area contributed by atoms with Crippen molar-refractivity contribution in [2.45, 2.75) is 31.7 Å². The van der Waals surface area contributed by atoms with E-state index in [0.717, 1.165) is 43.6 Å². The lowest BCUT2D eigenvalue weighted by Gasteiger charge is -2.12. The number of benzene rings is 1. The minimum atomic E-state index is -0.0975. The SMILES string of the molecule is O=C(Nc1cccc(NC(=O)[C@@H]2CCCN2)c1)C1CC1. The molecule has 3 rings (SSSR count). The van der Waals surface area contributed by atoms with Crippen LogP contribution in [0.4, 0.5) is 11.4 Å². The summed E-state index contributed by atoms with van der Waals surface area (Å²) in [6, 6.07) is 7.20. The summed E-state index contributed by atoms with van der Waals surface area (Å²) in [6.07, 6.45) is 3.88. The number of amides is 2. The number of carbonyl (C=O) groups excluding carboxylic acids is 2. The molecule has 20 heavy (non-hydrogen) atoms. The molecular weight excluding hydrogens is 254 g/mol. The standard InChI is InChI=1S/C15H19N3O2/c19-14(10-6-7-10)17-11-3-1-4-12(9-11)18-15(20)13-5-2-8-16-13/h1,3-4,9-10,13,16H,2,5-8H2,(H,17,19)(H,18,20)/t13-/m0/s1. The predicted octanol–water partition coefficient (Wildman–Crippen LogP) is 1.73. The van der Waals surface area contributed by atoms with E-state index < -0.39 is 0 Å². The van der Waals surface area contributed by atoms with Crippen LogP contribution in [-0.4, -0.2) is 24.4 Å². The van der Waals surface area contributed by atoms with Gasteiger partial charge in [-0.05, 0) is 50.4 Å². The third-order valence-corrected chi connectivity index (χ3v) is 3.72. The van der Waals surface area contributed by atoms with Crippen molar-refractivity contribution in [2.75, 3.05) is 17.2 Å². The molecule has 1 aromatic rings. The summed E-state index contributed by atoms with van der Waals surface area (Å²) in [5.41, 5.74) is 1.45. The molecule has 1 aliphatic heterocycles. The van der Waals surface area contributed by atoms with Crippen LogP contribution in [0.5, 0.6) is 0 Å². The molecule has 3 N–H and O–H groups in total. The lowest BCUT2D eigenvalue weighted by molar-refractivity contribution is -0.118. The van der Waals surface area contributed by atoms with Gasteiger partial charge in [-0.1, -0.05) is 6.07 Å². The Balaban J connectivity index is 1.61. The number of carbonyl (C=O) groups is 2. The van der Waals surface area contributed by atoms with Crippen LogP contribution < -0.4 is 16.0 Å². The second-order valence-electron chi connectivity index (χ2n) is 5.48. The monoisotopic (exact) mass is 273 g/mol. The van der Waals surface area contributed by atoms with Crippen LogP contribution in [0.25, 0.3) is 0 Å². The van der Waals surface area contributed by atoms with Crippen LogP contribution in [0.2, 0.25) is 0 Å². The van der Waals surface area contributed by atoms with E-state index in [4.69, 9.17) is 0 Å². The Morgan fingerprint density at radius 3 is 2.35 bits per heavy atom. The summed E-state index contributed by atoms with van der Waals surface area (Å²) in [6.45, 7) is 0.898. The van der Waals surface area contributed by atoms with Crippen molar-refractivity contribution >= 4 is 23.2 Å². The normalized spacial score (nSPS) is 21.5. The average Bonchev–Trinajstić information content (AvgIpc) is 3.14. The topological polar surface area (TPSA) is 70.2 Å². The molecule has 1 aliphatic carbocycles. The molecule has 1 aromatic carbocycles. The van der Waals surface area contributed by atoms with Crippen LogP contribution in [0, 0.1) is 5.92 Å². The fourth-order valence-electron chi connectivity index (χ4n) is 2.40. The second-order valence-corrected chi connectivity index (χ2v) is 5.48. The molecule has 5 heteroatoms. The highest BCUT2D eigenvalue weighted by Gasteiger charge is 2.29. The Labute approximate surface area is 118 Å². The maximum absolute atomic E-state index is 12.0. The summed E-state index contributed by atoms with van der Waals surface area (Å²) in [4.78, 5) is 23.7. The van der Waals surface area contributed by atoms with Crippen molar-refractivity contribution in [2.24, 2.45) is 5.92 Å². The largest absolute Gasteiger partial charge is 0.326 e. The lowest BCUT2D eigenvalue weighted by Crippen LogP contribution is -2.35. The predicted molar refractivity (Wildman–Crippen MR) is 77.5 cm³/mol. The molecule has 1 heterocycles. The first-order valence-corrected chi connectivity index (χ1v) is 7.17. The van der Waals surface area contributed by atoms with Crippen molar-refractivity contribution in [3.05, 3.63) is 24.3 Å². The van der Waals surface area contributed by atoms with E-state index in [1.165, 1.54) is 0 Å². The van der Waals surface area contributed by atoms with E-state index in [1.807, 2.05) is 18.2 Å². The summed E-state index contributed by atoms with van der Waals surface area (Å²) in [5.74, 6) is 0.245. The van der Waals surface area contributed by atoms with Crippen molar-refractivity contribution < 1.29 is 9.59 Å². The molecule has 2 fully saturated rings. The molecule has 0 unspecified atom stereocenters. The van der Waals surface area contributed by atoms with E-state index in [2.05, 4.69) is 16.0 Å². The molecule has 0 spiro atoms. The van der Waals surface area contributed by atoms with Crippen LogP contribution in [0.3, 0.4) is 0 Å². The maximum Gasteiger partial charge on any atom is 0.241 e. The van der Waals surface area contributed by atoms with Gasteiger partial charge in [0.05, 0.1) is 6.04 Å². The zero-order chi connectivity index (χ0) is 13.9. The van der Waals surface area contributed by atoms with Crippen molar-refractivity contribution in [3.8, 4) is 0 Å². The van der Waals surface area contributed by atoms with Gasteiger partial charge in [-0.2, -0.15) is 0 Å². The molecule has 0 bridgehead atoms. The van der Waals surface area contributed by atoms with Crippen LogP contribution in [0.15, 0.2) is 24.3 Å². The van der Waals surface area contributed by atoms with Crippen molar-refractivity contribution in [1.29, 1.82) is 0 Å². The van der Waals surface area contributed by atoms with Gasteiger partial charge >= 0.3 is 0 Å². The Hall–Kier alpha value is -1.88. The molecule has 2 amide bonds. The number of rotatable bonds is 4. The maximum atomic E-state index is 12.0. The molecule has 5 nitrogen and oxygen atoms in total. The van der Waals surface area contributed by atoms with E-state index in [0.29, 0.717) is 0 Å². The fraction of sp³-hybridized carbons (Fsp3) is 0.467. The zero-order valence-corrected chi connectivity index (χ0v) is 11.3. The van der Waals surface area contributed by atoms with Crippen LogP contribution >= 0.6 is 0 Å². The first-order valence-electron chi connectivity index (χ1n) is 7.17. The van der Waals surface area contributed by atoms with E-state index in [1.54, 1.807) is 6.07 Å². The highest BCUT2D eigenvalue weighted by molar-refractivity contribution is 5.97. The quantitative estimate of drug-likeness (QED) is 0.782. The van der Waals surface area contributed by atoms with E-state index >= 15 is 0 Å². The fourth-order valence-corrected chi connectivity index (χ4v) is 2.40. The Morgan fingerprint density at radius 1 is 1.05 bits per heavy atom. The number of hydrogen-bond donors (Lipinski definition) is 3. The summed E-state index contributed by atoms with van der Waals surface area (Å²) >= 11 is 0. The van der Waals surface area contributed by atoms with Gasteiger partial charge < -0.3 is 16.0 Å². The van der Waals surface area contributed by atoms with Gasteiger partial charge in [-0.15, -0.1) is 0 Å². The average molecular weight is 273 g/mol.